The van der Waals surface area contributed by atoms with Crippen LogP contribution in [0, 0.1) is 0 Å². The Hall–Kier alpha value is -2.47. The monoisotopic (exact) mass is 373 g/mol. The molecule has 1 amide bonds. The molecule has 2 aromatic rings. The van der Waals surface area contributed by atoms with Gasteiger partial charge in [-0.2, -0.15) is 0 Å². The topological polar surface area (TPSA) is 64.6 Å². The maximum Gasteiger partial charge on any atom is 0.319 e. The minimum atomic E-state index is -0.882. The summed E-state index contributed by atoms with van der Waals surface area (Å²) in [6.07, 6.45) is -0.882. The van der Waals surface area contributed by atoms with Gasteiger partial charge in [0, 0.05) is 10.6 Å². The van der Waals surface area contributed by atoms with E-state index in [1.165, 1.54) is 11.8 Å². The number of nitrogens with one attached hydrogen (secondary N) is 1. The van der Waals surface area contributed by atoms with Crippen LogP contribution in [0.15, 0.2) is 59.5 Å². The molecule has 0 aromatic heterocycles. The van der Waals surface area contributed by atoms with Crippen molar-refractivity contribution in [1.29, 1.82) is 0 Å². The van der Waals surface area contributed by atoms with Gasteiger partial charge in [-0.15, -0.1) is 11.8 Å². The highest BCUT2D eigenvalue weighted by molar-refractivity contribution is 8.00. The zero-order valence-electron chi connectivity index (χ0n) is 15.1. The van der Waals surface area contributed by atoms with Crippen molar-refractivity contribution in [2.24, 2.45) is 0 Å². The second-order valence-corrected chi connectivity index (χ2v) is 7.01. The zero-order chi connectivity index (χ0) is 18.9. The Kier molecular flexibility index (Phi) is 7.53. The lowest BCUT2D eigenvalue weighted by Crippen LogP contribution is -2.32. The van der Waals surface area contributed by atoms with Crippen LogP contribution in [0.3, 0.4) is 0 Å². The van der Waals surface area contributed by atoms with Gasteiger partial charge in [0.25, 0.3) is 5.91 Å². The number of hydrogen-bond donors (Lipinski definition) is 1. The smallest absolute Gasteiger partial charge is 0.319 e. The molecule has 0 saturated carbocycles. The number of benzene rings is 2. The van der Waals surface area contributed by atoms with Crippen LogP contribution in [0.4, 0.5) is 5.69 Å². The largest absolute Gasteiger partial charge is 0.494 e. The molecule has 1 N–H and O–H groups in total. The molecule has 0 heterocycles. The van der Waals surface area contributed by atoms with Crippen molar-refractivity contribution in [3.8, 4) is 5.75 Å². The first kappa shape index (κ1) is 19.8. The summed E-state index contributed by atoms with van der Waals surface area (Å²) in [5.41, 5.74) is 0.619. The van der Waals surface area contributed by atoms with Crippen LogP contribution in [0.5, 0.6) is 5.75 Å². The highest BCUT2D eigenvalue weighted by atomic mass is 32.2. The molecular formula is C20H23NO4S. The highest BCUT2D eigenvalue weighted by Gasteiger charge is 2.22. The summed E-state index contributed by atoms with van der Waals surface area (Å²) in [5.74, 6) is -0.0654. The average Bonchev–Trinajstić information content (AvgIpc) is 2.64. The van der Waals surface area contributed by atoms with Gasteiger partial charge in [0.1, 0.15) is 11.0 Å². The number of rotatable bonds is 8. The van der Waals surface area contributed by atoms with E-state index in [0.717, 1.165) is 10.6 Å². The van der Waals surface area contributed by atoms with E-state index in [2.05, 4.69) is 5.32 Å². The molecule has 0 aliphatic rings. The summed E-state index contributed by atoms with van der Waals surface area (Å²) >= 11 is 1.40. The number of hydrogen-bond acceptors (Lipinski definition) is 5. The quantitative estimate of drug-likeness (QED) is 0.557. The molecule has 138 valence electrons. The van der Waals surface area contributed by atoms with Crippen LogP contribution >= 0.6 is 11.8 Å². The number of ether oxygens (including phenoxy) is 2. The number of carbonyl (C=O) groups is 2. The Labute approximate surface area is 158 Å². The lowest BCUT2D eigenvalue weighted by molar-refractivity contribution is -0.152. The molecule has 0 aliphatic heterocycles. The van der Waals surface area contributed by atoms with Crippen LogP contribution in [-0.4, -0.2) is 29.8 Å². The fraction of sp³-hybridized carbons (Fsp3) is 0.300. The summed E-state index contributed by atoms with van der Waals surface area (Å²) in [7, 11) is 0. The molecule has 0 bridgehead atoms. The molecule has 0 fully saturated rings. The third kappa shape index (κ3) is 6.11. The van der Waals surface area contributed by atoms with Gasteiger partial charge in [0.05, 0.1) is 6.61 Å². The predicted molar refractivity (Wildman–Crippen MR) is 104 cm³/mol. The molecule has 26 heavy (non-hydrogen) atoms. The lowest BCUT2D eigenvalue weighted by atomic mass is 10.3. The zero-order valence-corrected chi connectivity index (χ0v) is 15.9. The number of anilines is 1. The van der Waals surface area contributed by atoms with Crippen LogP contribution in [0.2, 0.25) is 0 Å². The molecule has 2 rings (SSSR count). The van der Waals surface area contributed by atoms with E-state index >= 15 is 0 Å². The van der Waals surface area contributed by atoms with Crippen molar-refractivity contribution in [2.75, 3.05) is 11.9 Å². The number of esters is 1. The SMILES string of the molecule is CCOc1ccc(NC(=O)[C@H](C)OC(=O)[C@@H](C)Sc2ccccc2)cc1. The Morgan fingerprint density at radius 3 is 2.31 bits per heavy atom. The Morgan fingerprint density at radius 2 is 1.69 bits per heavy atom. The maximum atomic E-state index is 12.2. The van der Waals surface area contributed by atoms with Gasteiger partial charge < -0.3 is 14.8 Å². The predicted octanol–water partition coefficient (Wildman–Crippen LogP) is 4.14. The third-order valence-electron chi connectivity index (χ3n) is 3.48. The van der Waals surface area contributed by atoms with Crippen molar-refractivity contribution >= 4 is 29.3 Å². The Morgan fingerprint density at radius 1 is 1.04 bits per heavy atom. The third-order valence-corrected chi connectivity index (χ3v) is 4.57. The Bertz CT molecular complexity index is 718. The van der Waals surface area contributed by atoms with Crippen molar-refractivity contribution in [1.82, 2.24) is 0 Å². The van der Waals surface area contributed by atoms with E-state index in [9.17, 15) is 9.59 Å². The van der Waals surface area contributed by atoms with Crippen LogP contribution in [-0.2, 0) is 14.3 Å². The van der Waals surface area contributed by atoms with E-state index in [-0.39, 0.29) is 5.91 Å². The number of carbonyl (C=O) groups excluding carboxylic acids is 2. The van der Waals surface area contributed by atoms with E-state index < -0.39 is 17.3 Å². The van der Waals surface area contributed by atoms with E-state index in [1.54, 1.807) is 38.1 Å². The first-order valence-electron chi connectivity index (χ1n) is 8.45. The molecular weight excluding hydrogens is 350 g/mol. The van der Waals surface area contributed by atoms with Gasteiger partial charge in [-0.3, -0.25) is 9.59 Å². The number of amides is 1. The maximum absolute atomic E-state index is 12.2. The minimum Gasteiger partial charge on any atom is -0.494 e. The number of thioether (sulfide) groups is 1. The standard InChI is InChI=1S/C20H23NO4S/c1-4-24-17-12-10-16(11-13-17)21-19(22)14(2)25-20(23)15(3)26-18-8-6-5-7-9-18/h5-15H,4H2,1-3H3,(H,21,22)/t14-,15+/m0/s1. The first-order chi connectivity index (χ1) is 12.5. The van der Waals surface area contributed by atoms with Crippen molar-refractivity contribution < 1.29 is 19.1 Å². The fourth-order valence-electron chi connectivity index (χ4n) is 2.12. The molecule has 6 heteroatoms. The van der Waals surface area contributed by atoms with Crippen LogP contribution in [0.1, 0.15) is 20.8 Å². The van der Waals surface area contributed by atoms with Gasteiger partial charge in [-0.25, -0.2) is 0 Å². The molecule has 0 saturated heterocycles. The average molecular weight is 373 g/mol. The van der Waals surface area contributed by atoms with Crippen LogP contribution in [0.25, 0.3) is 0 Å². The summed E-state index contributed by atoms with van der Waals surface area (Å²) in [6.45, 7) is 5.81. The fourth-order valence-corrected chi connectivity index (χ4v) is 2.99. The van der Waals surface area contributed by atoms with Crippen molar-refractivity contribution in [2.45, 2.75) is 37.0 Å². The molecule has 5 nitrogen and oxygen atoms in total. The normalized spacial score (nSPS) is 12.7. The summed E-state index contributed by atoms with van der Waals surface area (Å²) in [4.78, 5) is 25.4. The lowest BCUT2D eigenvalue weighted by Gasteiger charge is -2.16. The highest BCUT2D eigenvalue weighted by Crippen LogP contribution is 2.24. The van der Waals surface area contributed by atoms with E-state index in [1.807, 2.05) is 37.3 Å². The molecule has 0 aliphatic carbocycles. The van der Waals surface area contributed by atoms with Gasteiger partial charge in [0.15, 0.2) is 6.10 Å². The van der Waals surface area contributed by atoms with E-state index in [0.29, 0.717) is 12.3 Å². The molecule has 2 atom stereocenters. The summed E-state index contributed by atoms with van der Waals surface area (Å²) in [6, 6.07) is 16.6. The molecule has 0 radical (unpaired) electrons. The van der Waals surface area contributed by atoms with Crippen LogP contribution < -0.4 is 10.1 Å². The van der Waals surface area contributed by atoms with Gasteiger partial charge in [0.2, 0.25) is 0 Å². The Balaban J connectivity index is 1.84. The summed E-state index contributed by atoms with van der Waals surface area (Å²) < 4.78 is 10.6. The summed E-state index contributed by atoms with van der Waals surface area (Å²) in [5, 5.41) is 2.32. The van der Waals surface area contributed by atoms with Crippen molar-refractivity contribution in [3.63, 3.8) is 0 Å². The van der Waals surface area contributed by atoms with Gasteiger partial charge in [-0.05, 0) is 57.2 Å². The second kappa shape index (κ2) is 9.87. The van der Waals surface area contributed by atoms with Gasteiger partial charge >= 0.3 is 5.97 Å². The van der Waals surface area contributed by atoms with E-state index in [4.69, 9.17) is 9.47 Å². The molecule has 0 spiro atoms. The minimum absolute atomic E-state index is 0.376. The molecule has 0 unspecified atom stereocenters. The molecule has 2 aromatic carbocycles. The second-order valence-electron chi connectivity index (χ2n) is 5.60. The van der Waals surface area contributed by atoms with Gasteiger partial charge in [-0.1, -0.05) is 18.2 Å². The first-order valence-corrected chi connectivity index (χ1v) is 9.33. The van der Waals surface area contributed by atoms with Crippen molar-refractivity contribution in [3.05, 3.63) is 54.6 Å².